The lowest BCUT2D eigenvalue weighted by atomic mass is 9.82. The zero-order chi connectivity index (χ0) is 11.4. The maximum Gasteiger partial charge on any atom is 0.0718 e. The predicted octanol–water partition coefficient (Wildman–Crippen LogP) is 2.68. The van der Waals surface area contributed by atoms with Crippen LogP contribution in [-0.4, -0.2) is 36.7 Å². The highest BCUT2D eigenvalue weighted by molar-refractivity contribution is 5.02. The highest BCUT2D eigenvalue weighted by Crippen LogP contribution is 2.54. The van der Waals surface area contributed by atoms with Crippen molar-refractivity contribution in [2.45, 2.75) is 58.6 Å². The summed E-state index contributed by atoms with van der Waals surface area (Å²) < 4.78 is 5.68. The minimum absolute atomic E-state index is 0.492. The monoisotopic (exact) mass is 223 g/mol. The Hall–Kier alpha value is -0.0800. The summed E-state index contributed by atoms with van der Waals surface area (Å²) in [5.41, 5.74) is 1.16. The van der Waals surface area contributed by atoms with E-state index < -0.39 is 0 Å². The van der Waals surface area contributed by atoms with Crippen LogP contribution in [0.5, 0.6) is 0 Å². The third-order valence-electron chi connectivity index (χ3n) is 4.41. The molecule has 16 heavy (non-hydrogen) atoms. The summed E-state index contributed by atoms with van der Waals surface area (Å²) in [5.74, 6) is 0. The lowest BCUT2D eigenvalue weighted by Crippen LogP contribution is -2.41. The number of hydrogen-bond acceptors (Lipinski definition) is 2. The highest BCUT2D eigenvalue weighted by atomic mass is 16.5. The van der Waals surface area contributed by atoms with Crippen LogP contribution in [-0.2, 0) is 4.74 Å². The number of rotatable bonds is 3. The summed E-state index contributed by atoms with van der Waals surface area (Å²) in [5, 5.41) is 0. The number of nitrogens with zero attached hydrogens (tertiary/aromatic N) is 1. The number of fused-ring (bicyclic) bond motifs is 2. The normalized spacial score (nSPS) is 36.9. The Morgan fingerprint density at radius 1 is 1.31 bits per heavy atom. The van der Waals surface area contributed by atoms with E-state index in [1.807, 2.05) is 0 Å². The molecule has 0 unspecified atom stereocenters. The Labute approximate surface area is 99.3 Å². The zero-order valence-electron chi connectivity index (χ0n) is 11.0. The fourth-order valence-corrected chi connectivity index (χ4v) is 3.80. The van der Waals surface area contributed by atoms with Crippen molar-refractivity contribution < 1.29 is 4.74 Å². The molecule has 2 heterocycles. The van der Waals surface area contributed by atoms with Crippen LogP contribution in [0.1, 0.15) is 46.5 Å². The van der Waals surface area contributed by atoms with Gasteiger partial charge in [-0.3, -0.25) is 4.90 Å². The molecule has 3 aliphatic rings. The first-order chi connectivity index (χ1) is 7.46. The van der Waals surface area contributed by atoms with Crippen LogP contribution in [0, 0.1) is 10.8 Å². The van der Waals surface area contributed by atoms with Crippen molar-refractivity contribution in [1.29, 1.82) is 0 Å². The van der Waals surface area contributed by atoms with Crippen molar-refractivity contribution in [3.63, 3.8) is 0 Å². The average Bonchev–Trinajstić information content (AvgIpc) is 2.60. The molecule has 2 nitrogen and oxygen atoms in total. The van der Waals surface area contributed by atoms with E-state index in [9.17, 15) is 0 Å². The summed E-state index contributed by atoms with van der Waals surface area (Å²) in [6.45, 7) is 10.7. The number of hydrogen-bond donors (Lipinski definition) is 0. The minimum atomic E-state index is 0.492. The molecule has 2 atom stereocenters. The van der Waals surface area contributed by atoms with E-state index in [1.165, 1.54) is 38.8 Å². The standard InChI is InChI=1S/C14H25NO/c1-13(2,3)9-14(4-5-14)10-15-7-12-6-11(15)8-16-12/h11-12H,4-10H2,1-3H3/t11-,12-/m0/s1. The lowest BCUT2D eigenvalue weighted by Gasteiger charge is -2.33. The third-order valence-corrected chi connectivity index (χ3v) is 4.41. The molecule has 0 amide bonds. The number of likely N-dealkylation sites (tertiary alicyclic amines) is 1. The smallest absolute Gasteiger partial charge is 0.0718 e. The molecule has 92 valence electrons. The van der Waals surface area contributed by atoms with Gasteiger partial charge in [0.15, 0.2) is 0 Å². The van der Waals surface area contributed by atoms with Crippen LogP contribution in [0.3, 0.4) is 0 Å². The van der Waals surface area contributed by atoms with Crippen LogP contribution >= 0.6 is 0 Å². The molecular formula is C14H25NO. The van der Waals surface area contributed by atoms with Crippen LogP contribution in [0.25, 0.3) is 0 Å². The molecule has 2 aliphatic heterocycles. The van der Waals surface area contributed by atoms with Gasteiger partial charge in [-0.1, -0.05) is 20.8 Å². The Kier molecular flexibility index (Phi) is 2.38. The molecule has 0 aromatic rings. The highest BCUT2D eigenvalue weighted by Gasteiger charge is 2.49. The topological polar surface area (TPSA) is 12.5 Å². The Morgan fingerprint density at radius 2 is 2.06 bits per heavy atom. The summed E-state index contributed by atoms with van der Waals surface area (Å²) >= 11 is 0. The van der Waals surface area contributed by atoms with E-state index in [4.69, 9.17) is 4.74 Å². The van der Waals surface area contributed by atoms with Crippen LogP contribution < -0.4 is 0 Å². The van der Waals surface area contributed by atoms with Gasteiger partial charge in [0.2, 0.25) is 0 Å². The lowest BCUT2D eigenvalue weighted by molar-refractivity contribution is 0.0189. The molecule has 0 aromatic carbocycles. The van der Waals surface area contributed by atoms with Gasteiger partial charge in [0, 0.05) is 19.1 Å². The summed E-state index contributed by atoms with van der Waals surface area (Å²) in [6.07, 6.45) is 6.17. The van der Waals surface area contributed by atoms with Gasteiger partial charge >= 0.3 is 0 Å². The van der Waals surface area contributed by atoms with Crippen LogP contribution in [0.15, 0.2) is 0 Å². The van der Waals surface area contributed by atoms with E-state index in [0.29, 0.717) is 16.9 Å². The van der Waals surface area contributed by atoms with Gasteiger partial charge in [-0.05, 0) is 36.5 Å². The van der Waals surface area contributed by atoms with Gasteiger partial charge in [-0.25, -0.2) is 0 Å². The predicted molar refractivity (Wildman–Crippen MR) is 65.5 cm³/mol. The van der Waals surface area contributed by atoms with Gasteiger partial charge in [0.25, 0.3) is 0 Å². The summed E-state index contributed by atoms with van der Waals surface area (Å²) in [7, 11) is 0. The van der Waals surface area contributed by atoms with Crippen LogP contribution in [0.4, 0.5) is 0 Å². The molecule has 3 fully saturated rings. The quantitative estimate of drug-likeness (QED) is 0.729. The number of morpholine rings is 1. The average molecular weight is 223 g/mol. The van der Waals surface area contributed by atoms with E-state index in [2.05, 4.69) is 25.7 Å². The number of ether oxygens (including phenoxy) is 1. The van der Waals surface area contributed by atoms with Gasteiger partial charge in [-0.2, -0.15) is 0 Å². The Bertz CT molecular complexity index is 277. The first-order valence-corrected chi connectivity index (χ1v) is 6.82. The van der Waals surface area contributed by atoms with Crippen molar-refractivity contribution in [3.05, 3.63) is 0 Å². The van der Waals surface area contributed by atoms with Crippen molar-refractivity contribution >= 4 is 0 Å². The molecule has 2 heteroatoms. The largest absolute Gasteiger partial charge is 0.375 e. The maximum atomic E-state index is 5.68. The Morgan fingerprint density at radius 3 is 2.50 bits per heavy atom. The van der Waals surface area contributed by atoms with Gasteiger partial charge in [-0.15, -0.1) is 0 Å². The molecule has 0 N–H and O–H groups in total. The fourth-order valence-electron chi connectivity index (χ4n) is 3.80. The van der Waals surface area contributed by atoms with E-state index in [0.717, 1.165) is 12.6 Å². The molecule has 2 saturated heterocycles. The molecule has 1 saturated carbocycles. The molecule has 0 radical (unpaired) electrons. The van der Waals surface area contributed by atoms with Crippen molar-refractivity contribution in [1.82, 2.24) is 4.90 Å². The van der Waals surface area contributed by atoms with Crippen molar-refractivity contribution in [3.8, 4) is 0 Å². The molecular weight excluding hydrogens is 198 g/mol. The van der Waals surface area contributed by atoms with E-state index >= 15 is 0 Å². The van der Waals surface area contributed by atoms with Crippen molar-refractivity contribution in [2.75, 3.05) is 19.7 Å². The van der Waals surface area contributed by atoms with Crippen LogP contribution in [0.2, 0.25) is 0 Å². The summed E-state index contributed by atoms with van der Waals surface area (Å²) in [6, 6.07) is 0.752. The molecule has 0 aromatic heterocycles. The zero-order valence-corrected chi connectivity index (χ0v) is 11.0. The molecule has 0 spiro atoms. The van der Waals surface area contributed by atoms with E-state index in [1.54, 1.807) is 0 Å². The SMILES string of the molecule is CC(C)(C)CC1(CN2C[C@@H]3C[C@H]2CO3)CC1. The van der Waals surface area contributed by atoms with E-state index in [-0.39, 0.29) is 0 Å². The second-order valence-electron chi connectivity index (χ2n) is 7.51. The van der Waals surface area contributed by atoms with Gasteiger partial charge in [0.1, 0.15) is 0 Å². The first kappa shape index (κ1) is 11.0. The summed E-state index contributed by atoms with van der Waals surface area (Å²) in [4.78, 5) is 2.72. The molecule has 1 aliphatic carbocycles. The maximum absolute atomic E-state index is 5.68. The second kappa shape index (κ2) is 3.46. The third kappa shape index (κ3) is 2.14. The van der Waals surface area contributed by atoms with Gasteiger partial charge in [0.05, 0.1) is 12.7 Å². The second-order valence-corrected chi connectivity index (χ2v) is 7.51. The molecule has 3 rings (SSSR count). The van der Waals surface area contributed by atoms with Gasteiger partial charge < -0.3 is 4.74 Å². The Balaban J connectivity index is 1.58. The van der Waals surface area contributed by atoms with Crippen molar-refractivity contribution in [2.24, 2.45) is 10.8 Å². The molecule has 2 bridgehead atoms. The first-order valence-electron chi connectivity index (χ1n) is 6.82. The minimum Gasteiger partial charge on any atom is -0.375 e. The fraction of sp³-hybridized carbons (Fsp3) is 1.00.